The number of non-ortho nitro benzene ring substituents is 1. The molecule has 4 amide bonds. The van der Waals surface area contributed by atoms with Gasteiger partial charge in [0.25, 0.3) is 17.5 Å². The monoisotopic (exact) mass is 589 g/mol. The van der Waals surface area contributed by atoms with Gasteiger partial charge in [0.15, 0.2) is 0 Å². The lowest BCUT2D eigenvalue weighted by atomic mass is 10.0. The molecule has 0 aromatic heterocycles. The summed E-state index contributed by atoms with van der Waals surface area (Å²) in [5.41, 5.74) is 3.02. The molecule has 1 fully saturated rings. The Morgan fingerprint density at radius 2 is 1.82 bits per heavy atom. The molecular weight excluding hydrogens is 566 g/mol. The molecule has 10 heteroatoms. The van der Waals surface area contributed by atoms with Crippen molar-refractivity contribution in [2.24, 2.45) is 0 Å². The number of hydrogen-bond donors (Lipinski definition) is 1. The molecule has 0 saturated carbocycles. The number of nitrogens with zero attached hydrogens (tertiary/aromatic N) is 2. The van der Waals surface area contributed by atoms with Crippen molar-refractivity contribution in [3.63, 3.8) is 0 Å². The van der Waals surface area contributed by atoms with E-state index < -0.39 is 22.8 Å². The first-order valence-corrected chi connectivity index (χ1v) is 12.8. The molecule has 198 valence electrons. The highest BCUT2D eigenvalue weighted by atomic mass is 79.9. The predicted octanol–water partition coefficient (Wildman–Crippen LogP) is 5.89. The van der Waals surface area contributed by atoms with Gasteiger partial charge >= 0.3 is 6.03 Å². The van der Waals surface area contributed by atoms with Crippen molar-refractivity contribution >= 4 is 51.2 Å². The van der Waals surface area contributed by atoms with Crippen LogP contribution in [0.3, 0.4) is 0 Å². The Labute approximate surface area is 233 Å². The van der Waals surface area contributed by atoms with Gasteiger partial charge in [0.1, 0.15) is 17.9 Å². The highest BCUT2D eigenvalue weighted by Gasteiger charge is 2.36. The number of carbonyl (C=O) groups is 3. The average molecular weight is 590 g/mol. The van der Waals surface area contributed by atoms with E-state index in [1.165, 1.54) is 18.2 Å². The Hall–Kier alpha value is -4.57. The maximum Gasteiger partial charge on any atom is 0.335 e. The van der Waals surface area contributed by atoms with E-state index >= 15 is 0 Å². The SMILES string of the molecule is C=CCc1cc(/C=C2/C(=O)NC(=O)N(c3ccc(CC)cc3)C2=O)cc(Br)c1OCc1cccc([N+](=O)[O-])c1. The van der Waals surface area contributed by atoms with Gasteiger partial charge < -0.3 is 4.74 Å². The summed E-state index contributed by atoms with van der Waals surface area (Å²) < 4.78 is 6.55. The number of rotatable bonds is 9. The third-order valence-corrected chi connectivity index (χ3v) is 6.62. The second kappa shape index (κ2) is 11.9. The highest BCUT2D eigenvalue weighted by Crippen LogP contribution is 2.34. The van der Waals surface area contributed by atoms with Gasteiger partial charge in [-0.25, -0.2) is 9.69 Å². The minimum Gasteiger partial charge on any atom is -0.487 e. The Morgan fingerprint density at radius 1 is 1.08 bits per heavy atom. The van der Waals surface area contributed by atoms with Crippen LogP contribution in [-0.2, 0) is 29.0 Å². The zero-order valence-electron chi connectivity index (χ0n) is 21.0. The topological polar surface area (TPSA) is 119 Å². The molecule has 1 aliphatic rings. The third kappa shape index (κ3) is 6.12. The largest absolute Gasteiger partial charge is 0.487 e. The van der Waals surface area contributed by atoms with E-state index in [-0.39, 0.29) is 17.9 Å². The summed E-state index contributed by atoms with van der Waals surface area (Å²) in [5, 5.41) is 13.3. The van der Waals surface area contributed by atoms with E-state index in [9.17, 15) is 24.5 Å². The second-order valence-corrected chi connectivity index (χ2v) is 9.53. The molecule has 1 heterocycles. The number of hydrogen-bond acceptors (Lipinski definition) is 6. The van der Waals surface area contributed by atoms with Crippen molar-refractivity contribution in [3.05, 3.63) is 116 Å². The van der Waals surface area contributed by atoms with E-state index in [4.69, 9.17) is 4.74 Å². The van der Waals surface area contributed by atoms with E-state index in [2.05, 4.69) is 27.8 Å². The molecule has 1 N–H and O–H groups in total. The molecule has 0 unspecified atom stereocenters. The lowest BCUT2D eigenvalue weighted by molar-refractivity contribution is -0.384. The van der Waals surface area contributed by atoms with Crippen LogP contribution in [0, 0.1) is 10.1 Å². The minimum atomic E-state index is -0.815. The van der Waals surface area contributed by atoms with Crippen LogP contribution in [0.4, 0.5) is 16.2 Å². The summed E-state index contributed by atoms with van der Waals surface area (Å²) in [4.78, 5) is 50.0. The first-order chi connectivity index (χ1) is 18.7. The molecule has 0 spiro atoms. The Bertz CT molecular complexity index is 1510. The maximum absolute atomic E-state index is 13.3. The number of halogens is 1. The lowest BCUT2D eigenvalue weighted by Gasteiger charge is -2.26. The molecule has 1 aliphatic heterocycles. The van der Waals surface area contributed by atoms with Gasteiger partial charge in [0.2, 0.25) is 0 Å². The fourth-order valence-electron chi connectivity index (χ4n) is 4.08. The molecule has 4 rings (SSSR count). The zero-order chi connectivity index (χ0) is 28.1. The number of anilines is 1. The number of nitrogens with one attached hydrogen (secondary N) is 1. The van der Waals surface area contributed by atoms with Crippen molar-refractivity contribution in [2.45, 2.75) is 26.4 Å². The van der Waals surface area contributed by atoms with Crippen molar-refractivity contribution in [2.75, 3.05) is 4.90 Å². The van der Waals surface area contributed by atoms with Crippen LogP contribution in [0.2, 0.25) is 0 Å². The number of benzene rings is 3. The smallest absolute Gasteiger partial charge is 0.335 e. The van der Waals surface area contributed by atoms with Crippen LogP contribution in [0.5, 0.6) is 5.75 Å². The standard InChI is InChI=1S/C29H24BrN3O6/c1-3-6-21-13-20(16-25(30)26(21)39-17-19-7-5-8-23(14-19)33(37)38)15-24-27(34)31-29(36)32(28(24)35)22-11-9-18(4-2)10-12-22/h3,5,7-16H,1,4,6,17H2,2H3,(H,31,34,36)/b24-15-. The molecule has 0 radical (unpaired) electrons. The first-order valence-electron chi connectivity index (χ1n) is 12.0. The van der Waals surface area contributed by atoms with Gasteiger partial charge in [-0.3, -0.25) is 25.0 Å². The summed E-state index contributed by atoms with van der Waals surface area (Å²) in [6.45, 7) is 5.87. The predicted molar refractivity (Wildman–Crippen MR) is 150 cm³/mol. The van der Waals surface area contributed by atoms with Gasteiger partial charge in [-0.15, -0.1) is 6.58 Å². The molecule has 3 aromatic rings. The Morgan fingerprint density at radius 3 is 2.49 bits per heavy atom. The van der Waals surface area contributed by atoms with Crippen molar-refractivity contribution < 1.29 is 24.0 Å². The minimum absolute atomic E-state index is 0.0345. The molecule has 0 bridgehead atoms. The van der Waals surface area contributed by atoms with Crippen LogP contribution in [0.25, 0.3) is 6.08 Å². The number of nitro groups is 1. The summed E-state index contributed by atoms with van der Waals surface area (Å²) in [7, 11) is 0. The molecule has 1 saturated heterocycles. The number of aryl methyl sites for hydroxylation is 1. The van der Waals surface area contributed by atoms with E-state index in [1.807, 2.05) is 19.1 Å². The summed E-state index contributed by atoms with van der Waals surface area (Å²) >= 11 is 3.50. The molecular formula is C29H24BrN3O6. The van der Waals surface area contributed by atoms with E-state index in [0.717, 1.165) is 16.9 Å². The Balaban J connectivity index is 1.64. The van der Waals surface area contributed by atoms with E-state index in [1.54, 1.807) is 42.5 Å². The summed E-state index contributed by atoms with van der Waals surface area (Å²) in [5.74, 6) is -1.03. The lowest BCUT2D eigenvalue weighted by Crippen LogP contribution is -2.54. The number of barbiturate groups is 1. The van der Waals surface area contributed by atoms with Gasteiger partial charge in [0.05, 0.1) is 15.1 Å². The number of carbonyl (C=O) groups excluding carboxylic acids is 3. The Kier molecular flexibility index (Phi) is 8.36. The van der Waals surface area contributed by atoms with Gasteiger partial charge in [-0.2, -0.15) is 0 Å². The van der Waals surface area contributed by atoms with E-state index in [0.29, 0.717) is 39.0 Å². The second-order valence-electron chi connectivity index (χ2n) is 8.68. The van der Waals surface area contributed by atoms with Crippen LogP contribution in [0.1, 0.15) is 29.2 Å². The normalized spacial score (nSPS) is 14.4. The van der Waals surface area contributed by atoms with Crippen molar-refractivity contribution in [1.29, 1.82) is 0 Å². The molecule has 9 nitrogen and oxygen atoms in total. The fourth-order valence-corrected chi connectivity index (χ4v) is 4.71. The summed E-state index contributed by atoms with van der Waals surface area (Å²) in [6.07, 6.45) is 4.31. The molecule has 3 aromatic carbocycles. The number of nitro benzene ring substituents is 1. The fraction of sp³-hybridized carbons (Fsp3) is 0.138. The number of ether oxygens (including phenoxy) is 1. The van der Waals surface area contributed by atoms with Gasteiger partial charge in [-0.1, -0.05) is 37.3 Å². The van der Waals surface area contributed by atoms with Gasteiger partial charge in [-0.05, 0) is 81.4 Å². The first kappa shape index (κ1) is 27.5. The third-order valence-electron chi connectivity index (χ3n) is 6.03. The quantitative estimate of drug-likeness (QED) is 0.109. The van der Waals surface area contributed by atoms with Crippen LogP contribution in [-0.4, -0.2) is 22.8 Å². The average Bonchev–Trinajstić information content (AvgIpc) is 2.91. The number of allylic oxidation sites excluding steroid dienone is 1. The van der Waals surface area contributed by atoms with Gasteiger partial charge in [0, 0.05) is 12.1 Å². The molecule has 0 aliphatic carbocycles. The summed E-state index contributed by atoms with van der Waals surface area (Å²) in [6, 6.07) is 15.7. The van der Waals surface area contributed by atoms with Crippen molar-refractivity contribution in [1.82, 2.24) is 5.32 Å². The number of imide groups is 2. The maximum atomic E-state index is 13.3. The van der Waals surface area contributed by atoms with Crippen molar-refractivity contribution in [3.8, 4) is 5.75 Å². The molecule has 0 atom stereocenters. The van der Waals surface area contributed by atoms with Crippen LogP contribution < -0.4 is 15.0 Å². The number of amides is 4. The highest BCUT2D eigenvalue weighted by molar-refractivity contribution is 9.10. The number of urea groups is 1. The zero-order valence-corrected chi connectivity index (χ0v) is 22.6. The molecule has 39 heavy (non-hydrogen) atoms. The van der Waals surface area contributed by atoms with Crippen LogP contribution in [0.15, 0.2) is 83.4 Å². The van der Waals surface area contributed by atoms with Crippen LogP contribution >= 0.6 is 15.9 Å².